The zero-order valence-corrected chi connectivity index (χ0v) is 11.8. The van der Waals surface area contributed by atoms with E-state index in [4.69, 9.17) is 5.11 Å². The molecule has 1 unspecified atom stereocenters. The lowest BCUT2D eigenvalue weighted by Crippen LogP contribution is -2.43. The number of benzene rings is 1. The molecule has 5 heteroatoms. The molecular formula is C15H20N2O3. The molecule has 1 aliphatic heterocycles. The minimum Gasteiger partial charge on any atom is -0.480 e. The summed E-state index contributed by atoms with van der Waals surface area (Å²) >= 11 is 0. The molecule has 1 amide bonds. The molecular weight excluding hydrogens is 256 g/mol. The fraction of sp³-hybridized carbons (Fsp3) is 0.467. The predicted octanol–water partition coefficient (Wildman–Crippen LogP) is 1.79. The smallest absolute Gasteiger partial charge is 0.326 e. The first-order chi connectivity index (χ1) is 9.50. The maximum absolute atomic E-state index is 12.2. The summed E-state index contributed by atoms with van der Waals surface area (Å²) in [6.07, 6.45) is 1.30. The lowest BCUT2D eigenvalue weighted by atomic mass is 10.1. The zero-order valence-electron chi connectivity index (χ0n) is 11.8. The Balaban J connectivity index is 2.00. The summed E-state index contributed by atoms with van der Waals surface area (Å²) in [4.78, 5) is 24.7. The Hall–Kier alpha value is -2.04. The van der Waals surface area contributed by atoms with Crippen molar-refractivity contribution in [3.05, 3.63) is 29.3 Å². The Bertz CT molecular complexity index is 508. The zero-order chi connectivity index (χ0) is 14.7. The molecule has 5 nitrogen and oxygen atoms in total. The van der Waals surface area contributed by atoms with E-state index < -0.39 is 12.0 Å². The topological polar surface area (TPSA) is 69.6 Å². The van der Waals surface area contributed by atoms with Crippen LogP contribution >= 0.6 is 0 Å². The van der Waals surface area contributed by atoms with Crippen molar-refractivity contribution in [2.45, 2.75) is 32.7 Å². The minimum absolute atomic E-state index is 0.134. The highest BCUT2D eigenvalue weighted by Gasteiger charge is 2.33. The van der Waals surface area contributed by atoms with E-state index in [9.17, 15) is 9.59 Å². The number of rotatable bonds is 4. The average Bonchev–Trinajstić information content (AvgIpc) is 2.87. The normalized spacial score (nSPS) is 18.1. The highest BCUT2D eigenvalue weighted by Crippen LogP contribution is 2.21. The second kappa shape index (κ2) is 5.94. The minimum atomic E-state index is -0.914. The van der Waals surface area contributed by atoms with Gasteiger partial charge in [0.25, 0.3) is 0 Å². The van der Waals surface area contributed by atoms with Gasteiger partial charge in [0.15, 0.2) is 0 Å². The molecule has 108 valence electrons. The van der Waals surface area contributed by atoms with Crippen molar-refractivity contribution in [1.29, 1.82) is 0 Å². The summed E-state index contributed by atoms with van der Waals surface area (Å²) in [6.45, 7) is 4.63. The monoisotopic (exact) mass is 276 g/mol. The number of nitrogens with one attached hydrogen (secondary N) is 1. The van der Waals surface area contributed by atoms with Crippen LogP contribution in [0.15, 0.2) is 18.2 Å². The SMILES string of the molecule is Cc1cccc(C)c1NCC(=O)N1CCCC1C(=O)O. The number of aliphatic carboxylic acids is 1. The van der Waals surface area contributed by atoms with Crippen LogP contribution in [0.25, 0.3) is 0 Å². The molecule has 0 radical (unpaired) electrons. The van der Waals surface area contributed by atoms with Gasteiger partial charge in [-0.15, -0.1) is 0 Å². The first kappa shape index (κ1) is 14.4. The van der Waals surface area contributed by atoms with E-state index in [1.807, 2.05) is 32.0 Å². The molecule has 0 saturated carbocycles. The molecule has 0 bridgehead atoms. The van der Waals surface area contributed by atoms with Gasteiger partial charge in [-0.05, 0) is 37.8 Å². The number of para-hydroxylation sites is 1. The van der Waals surface area contributed by atoms with Crippen molar-refractivity contribution in [2.24, 2.45) is 0 Å². The third-order valence-electron chi connectivity index (χ3n) is 3.76. The molecule has 1 aromatic rings. The van der Waals surface area contributed by atoms with Gasteiger partial charge in [-0.25, -0.2) is 4.79 Å². The van der Waals surface area contributed by atoms with Crippen molar-refractivity contribution >= 4 is 17.6 Å². The van der Waals surface area contributed by atoms with Gasteiger partial charge in [0.2, 0.25) is 5.91 Å². The number of anilines is 1. The van der Waals surface area contributed by atoms with Crippen molar-refractivity contribution in [1.82, 2.24) is 4.90 Å². The Morgan fingerprint density at radius 2 is 2.00 bits per heavy atom. The van der Waals surface area contributed by atoms with Gasteiger partial charge < -0.3 is 15.3 Å². The Morgan fingerprint density at radius 1 is 1.35 bits per heavy atom. The van der Waals surface area contributed by atoms with Gasteiger partial charge in [-0.3, -0.25) is 4.79 Å². The van der Waals surface area contributed by atoms with Crippen molar-refractivity contribution in [3.8, 4) is 0 Å². The Morgan fingerprint density at radius 3 is 2.60 bits per heavy atom. The molecule has 0 aliphatic carbocycles. The molecule has 2 rings (SSSR count). The molecule has 0 aromatic heterocycles. The van der Waals surface area contributed by atoms with E-state index in [1.165, 1.54) is 4.90 Å². The number of aryl methyl sites for hydroxylation is 2. The lowest BCUT2D eigenvalue weighted by Gasteiger charge is -2.22. The highest BCUT2D eigenvalue weighted by atomic mass is 16.4. The number of hydrogen-bond acceptors (Lipinski definition) is 3. The van der Waals surface area contributed by atoms with Crippen LogP contribution < -0.4 is 5.32 Å². The van der Waals surface area contributed by atoms with Crippen LogP contribution in [0.1, 0.15) is 24.0 Å². The third kappa shape index (κ3) is 2.92. The largest absolute Gasteiger partial charge is 0.480 e. The molecule has 1 atom stereocenters. The summed E-state index contributed by atoms with van der Waals surface area (Å²) in [6, 6.07) is 5.27. The van der Waals surface area contributed by atoms with E-state index >= 15 is 0 Å². The number of carbonyl (C=O) groups excluding carboxylic acids is 1. The maximum Gasteiger partial charge on any atom is 0.326 e. The van der Waals surface area contributed by atoms with Crippen LogP contribution in [-0.4, -0.2) is 41.0 Å². The molecule has 1 aromatic carbocycles. The van der Waals surface area contributed by atoms with E-state index in [-0.39, 0.29) is 12.5 Å². The highest BCUT2D eigenvalue weighted by molar-refractivity contribution is 5.87. The summed E-state index contributed by atoms with van der Waals surface area (Å²) in [7, 11) is 0. The second-order valence-electron chi connectivity index (χ2n) is 5.20. The van der Waals surface area contributed by atoms with Gasteiger partial charge in [0, 0.05) is 12.2 Å². The van der Waals surface area contributed by atoms with Crippen LogP contribution in [0.3, 0.4) is 0 Å². The van der Waals surface area contributed by atoms with Crippen molar-refractivity contribution in [2.75, 3.05) is 18.4 Å². The van der Waals surface area contributed by atoms with Gasteiger partial charge in [-0.1, -0.05) is 18.2 Å². The number of carbonyl (C=O) groups is 2. The standard InChI is InChI=1S/C15H20N2O3/c1-10-5-3-6-11(2)14(10)16-9-13(18)17-8-4-7-12(17)15(19)20/h3,5-6,12,16H,4,7-9H2,1-2H3,(H,19,20). The number of amides is 1. The Labute approximate surface area is 118 Å². The first-order valence-corrected chi connectivity index (χ1v) is 6.83. The summed E-state index contributed by atoms with van der Waals surface area (Å²) in [5.74, 6) is -1.07. The first-order valence-electron chi connectivity index (χ1n) is 6.83. The molecule has 0 spiro atoms. The van der Waals surface area contributed by atoms with E-state index in [1.54, 1.807) is 0 Å². The van der Waals surface area contributed by atoms with Crippen LogP contribution in [0.2, 0.25) is 0 Å². The summed E-state index contributed by atoms with van der Waals surface area (Å²) in [5.41, 5.74) is 3.11. The van der Waals surface area contributed by atoms with Gasteiger partial charge >= 0.3 is 5.97 Å². The van der Waals surface area contributed by atoms with Crippen molar-refractivity contribution in [3.63, 3.8) is 0 Å². The van der Waals surface area contributed by atoms with Gasteiger partial charge in [0.1, 0.15) is 6.04 Å². The molecule has 1 heterocycles. The predicted molar refractivity (Wildman–Crippen MR) is 76.8 cm³/mol. The number of carboxylic acid groups (broad SMARTS) is 1. The molecule has 1 fully saturated rings. The second-order valence-corrected chi connectivity index (χ2v) is 5.20. The quantitative estimate of drug-likeness (QED) is 0.879. The third-order valence-corrected chi connectivity index (χ3v) is 3.76. The Kier molecular flexibility index (Phi) is 4.27. The summed E-state index contributed by atoms with van der Waals surface area (Å²) in [5, 5.41) is 12.2. The van der Waals surface area contributed by atoms with Crippen LogP contribution in [0.5, 0.6) is 0 Å². The molecule has 2 N–H and O–H groups in total. The lowest BCUT2D eigenvalue weighted by molar-refractivity contribution is -0.147. The van der Waals surface area contributed by atoms with E-state index in [0.717, 1.165) is 23.2 Å². The number of carboxylic acids is 1. The van der Waals surface area contributed by atoms with E-state index in [2.05, 4.69) is 5.32 Å². The van der Waals surface area contributed by atoms with Crippen LogP contribution in [-0.2, 0) is 9.59 Å². The molecule has 1 saturated heterocycles. The maximum atomic E-state index is 12.2. The molecule has 1 aliphatic rings. The number of hydrogen-bond donors (Lipinski definition) is 2. The molecule has 20 heavy (non-hydrogen) atoms. The number of likely N-dealkylation sites (tertiary alicyclic amines) is 1. The number of nitrogens with zero attached hydrogens (tertiary/aromatic N) is 1. The van der Waals surface area contributed by atoms with Gasteiger partial charge in [0.05, 0.1) is 6.54 Å². The fourth-order valence-corrected chi connectivity index (χ4v) is 2.68. The van der Waals surface area contributed by atoms with Gasteiger partial charge in [-0.2, -0.15) is 0 Å². The van der Waals surface area contributed by atoms with Crippen molar-refractivity contribution < 1.29 is 14.7 Å². The average molecular weight is 276 g/mol. The fourth-order valence-electron chi connectivity index (χ4n) is 2.68. The van der Waals surface area contributed by atoms with Crippen LogP contribution in [0, 0.1) is 13.8 Å². The summed E-state index contributed by atoms with van der Waals surface area (Å²) < 4.78 is 0. The van der Waals surface area contributed by atoms with Crippen LogP contribution in [0.4, 0.5) is 5.69 Å². The van der Waals surface area contributed by atoms with E-state index in [0.29, 0.717) is 13.0 Å².